The molecule has 0 amide bonds. The van der Waals surface area contributed by atoms with Crippen LogP contribution in [-0.2, 0) is 5.41 Å². The second-order valence-electron chi connectivity index (χ2n) is 22.4. The molecule has 0 N–H and O–H groups in total. The van der Waals surface area contributed by atoms with Crippen molar-refractivity contribution in [1.29, 1.82) is 0 Å². The van der Waals surface area contributed by atoms with Gasteiger partial charge < -0.3 is 18.6 Å². The monoisotopic (exact) mass is 1000 g/mol. The van der Waals surface area contributed by atoms with Gasteiger partial charge in [-0.05, 0) is 141 Å². The average Bonchev–Trinajstić information content (AvgIpc) is 3.84. The molecule has 0 spiro atoms. The van der Waals surface area contributed by atoms with E-state index in [0.29, 0.717) is 23.7 Å². The van der Waals surface area contributed by atoms with Crippen LogP contribution in [0.1, 0.15) is 124 Å². The van der Waals surface area contributed by atoms with Gasteiger partial charge in [0.15, 0.2) is 0 Å². The van der Waals surface area contributed by atoms with Gasteiger partial charge in [-0.25, -0.2) is 0 Å². The first-order chi connectivity index (χ1) is 37.5. The van der Waals surface area contributed by atoms with Crippen LogP contribution < -0.4 is 9.80 Å². The molecule has 1 aliphatic rings. The lowest BCUT2D eigenvalue weighted by Crippen LogP contribution is -2.29. The highest BCUT2D eigenvalue weighted by molar-refractivity contribution is 6.25. The van der Waals surface area contributed by atoms with E-state index in [1.54, 1.807) is 0 Å². The summed E-state index contributed by atoms with van der Waals surface area (Å²) in [5.74, 6) is 1.55. The van der Waals surface area contributed by atoms with Gasteiger partial charge in [0.05, 0.1) is 27.6 Å². The largest absolute Gasteiger partial charge is 0.455 e. The summed E-state index contributed by atoms with van der Waals surface area (Å²) >= 11 is 0. The van der Waals surface area contributed by atoms with Crippen LogP contribution in [0.4, 0.5) is 34.1 Å². The third-order valence-electron chi connectivity index (χ3n) is 16.5. The van der Waals surface area contributed by atoms with Crippen LogP contribution >= 0.6 is 0 Å². The van der Waals surface area contributed by atoms with Crippen molar-refractivity contribution in [2.75, 3.05) is 9.80 Å². The molecule has 4 heteroatoms. The van der Waals surface area contributed by atoms with Crippen LogP contribution in [0.25, 0.3) is 55.0 Å². The molecule has 2 heterocycles. The number of rotatable bonds is 12. The summed E-state index contributed by atoms with van der Waals surface area (Å²) in [6.07, 6.45) is 0. The van der Waals surface area contributed by atoms with Gasteiger partial charge in [0.25, 0.3) is 0 Å². The molecule has 0 bridgehead atoms. The number of nitrogens with zero attached hydrogens (tertiary/aromatic N) is 2. The van der Waals surface area contributed by atoms with E-state index >= 15 is 0 Å². The fraction of sp³-hybridized carbons (Fsp3) is 0.178. The van der Waals surface area contributed by atoms with Gasteiger partial charge in [0.2, 0.25) is 0 Å². The fourth-order valence-corrected chi connectivity index (χ4v) is 12.4. The lowest BCUT2D eigenvalue weighted by atomic mass is 9.67. The molecule has 0 unspecified atom stereocenters. The maximum absolute atomic E-state index is 7.50. The van der Waals surface area contributed by atoms with E-state index in [0.717, 1.165) is 111 Å². The van der Waals surface area contributed by atoms with Gasteiger partial charge >= 0.3 is 0 Å². The molecule has 4 nitrogen and oxygen atoms in total. The number of fused-ring (bicyclic) bond motifs is 11. The van der Waals surface area contributed by atoms with E-state index in [-0.39, 0.29) is 0 Å². The van der Waals surface area contributed by atoms with Crippen LogP contribution in [0.3, 0.4) is 0 Å². The Hall–Kier alpha value is -8.60. The van der Waals surface area contributed by atoms with Gasteiger partial charge in [0, 0.05) is 44.6 Å². The van der Waals surface area contributed by atoms with E-state index < -0.39 is 5.41 Å². The third-order valence-corrected chi connectivity index (χ3v) is 16.5. The molecule has 378 valence electrons. The molecule has 1 aliphatic carbocycles. The highest BCUT2D eigenvalue weighted by Gasteiger charge is 2.50. The summed E-state index contributed by atoms with van der Waals surface area (Å²) in [6, 6.07) is 81.1. The topological polar surface area (TPSA) is 32.8 Å². The number of hydrogen-bond donors (Lipinski definition) is 0. The fourth-order valence-electron chi connectivity index (χ4n) is 12.4. The lowest BCUT2D eigenvalue weighted by Gasteiger charge is -2.36. The number of hydrogen-bond acceptors (Lipinski definition) is 4. The van der Waals surface area contributed by atoms with Crippen molar-refractivity contribution >= 4 is 78.0 Å². The van der Waals surface area contributed by atoms with E-state index in [9.17, 15) is 0 Å². The van der Waals surface area contributed by atoms with Crippen LogP contribution in [0, 0.1) is 0 Å². The first kappa shape index (κ1) is 48.1. The molecule has 0 radical (unpaired) electrons. The van der Waals surface area contributed by atoms with Gasteiger partial charge in [-0.2, -0.15) is 0 Å². The molecule has 12 aromatic rings. The normalized spacial score (nSPS) is 13.0. The van der Waals surface area contributed by atoms with Gasteiger partial charge in [0.1, 0.15) is 22.3 Å². The summed E-state index contributed by atoms with van der Waals surface area (Å²) in [5.41, 5.74) is 20.6. The Bertz CT molecular complexity index is 3750. The maximum atomic E-state index is 7.50. The summed E-state index contributed by atoms with van der Waals surface area (Å²) in [4.78, 5) is 4.93. The summed E-state index contributed by atoms with van der Waals surface area (Å²) < 4.78 is 15.0. The molecule has 0 saturated carbocycles. The molecular formula is C73H64N2O2. The van der Waals surface area contributed by atoms with Gasteiger partial charge in [-0.15, -0.1) is 0 Å². The minimum absolute atomic E-state index is 0.387. The van der Waals surface area contributed by atoms with Crippen LogP contribution in [0.5, 0.6) is 0 Å². The average molecular weight is 1000 g/mol. The minimum Gasteiger partial charge on any atom is -0.455 e. The van der Waals surface area contributed by atoms with Gasteiger partial charge in [-0.3, -0.25) is 0 Å². The van der Waals surface area contributed by atoms with Crippen molar-refractivity contribution < 1.29 is 8.83 Å². The maximum Gasteiger partial charge on any atom is 0.145 e. The standard InChI is InChI=1S/C73H64N2O2/c1-45(2)49-27-35-55(36-28-49)74(56-37-29-50(30-38-56)46(3)4)63-43-61-69(71-67(63)59-23-15-17-25-65(59)76-71)70-62(73(61,53-19-11-9-12-20-53)54-21-13-10-14-22-54)44-64(68-60-24-16-18-26-66(60)77-72(68)70)75(57-39-31-51(32-40-57)47(5)6)58-41-33-52(34-42-58)48(7)8/h9-48H,1-8H3. The van der Waals surface area contributed by atoms with Crippen LogP contribution in [-0.4, -0.2) is 0 Å². The van der Waals surface area contributed by atoms with Crippen LogP contribution in [0.2, 0.25) is 0 Å². The third kappa shape index (κ3) is 7.71. The molecule has 0 aliphatic heterocycles. The molecule has 0 atom stereocenters. The molecule has 13 rings (SSSR count). The van der Waals surface area contributed by atoms with E-state index in [1.165, 1.54) is 22.3 Å². The zero-order valence-corrected chi connectivity index (χ0v) is 45.3. The molecule has 2 aromatic heterocycles. The second kappa shape index (κ2) is 18.9. The SMILES string of the molecule is CC(C)c1ccc(N(c2ccc(C(C)C)cc2)c2cc3c(c4oc5ccccc5c24)-c2c(cc(N(c4ccc(C(C)C)cc4)c4ccc(C(C)C)cc4)c4c2oc2ccccc24)C3(c2ccccc2)c2ccccc2)cc1. The van der Waals surface area contributed by atoms with Crippen molar-refractivity contribution in [3.63, 3.8) is 0 Å². The predicted octanol–water partition coefficient (Wildman–Crippen LogP) is 21.3. The van der Waals surface area contributed by atoms with Crippen LogP contribution in [0.15, 0.2) is 227 Å². The Labute approximate surface area is 452 Å². The van der Waals surface area contributed by atoms with Gasteiger partial charge in [-0.1, -0.05) is 201 Å². The quantitative estimate of drug-likeness (QED) is 0.122. The van der Waals surface area contributed by atoms with E-state index in [4.69, 9.17) is 8.83 Å². The van der Waals surface area contributed by atoms with Crippen molar-refractivity contribution in [3.05, 3.63) is 263 Å². The Morgan fingerprint density at radius 1 is 0.325 bits per heavy atom. The predicted molar refractivity (Wildman–Crippen MR) is 324 cm³/mol. The molecule has 0 fully saturated rings. The zero-order valence-electron chi connectivity index (χ0n) is 45.3. The Morgan fingerprint density at radius 3 is 0.909 bits per heavy atom. The number of anilines is 6. The Morgan fingerprint density at radius 2 is 0.610 bits per heavy atom. The smallest absolute Gasteiger partial charge is 0.145 e. The first-order valence-corrected chi connectivity index (χ1v) is 27.6. The van der Waals surface area contributed by atoms with Crippen molar-refractivity contribution in [2.24, 2.45) is 0 Å². The van der Waals surface area contributed by atoms with Crippen molar-refractivity contribution in [1.82, 2.24) is 0 Å². The van der Waals surface area contributed by atoms with Crippen molar-refractivity contribution in [2.45, 2.75) is 84.5 Å². The van der Waals surface area contributed by atoms with E-state index in [1.807, 2.05) is 0 Å². The number of furan rings is 2. The molecule has 77 heavy (non-hydrogen) atoms. The Balaban J connectivity index is 1.22. The highest BCUT2D eigenvalue weighted by Crippen LogP contribution is 2.64. The molecule has 10 aromatic carbocycles. The summed E-state index contributed by atoms with van der Waals surface area (Å²) in [6.45, 7) is 18.1. The Kier molecular flexibility index (Phi) is 11.8. The zero-order chi connectivity index (χ0) is 52.7. The first-order valence-electron chi connectivity index (χ1n) is 27.6. The highest BCUT2D eigenvalue weighted by atomic mass is 16.3. The van der Waals surface area contributed by atoms with E-state index in [2.05, 4.69) is 284 Å². The number of para-hydroxylation sites is 2. The van der Waals surface area contributed by atoms with Crippen molar-refractivity contribution in [3.8, 4) is 11.1 Å². The summed E-state index contributed by atoms with van der Waals surface area (Å²) in [7, 11) is 0. The number of benzene rings is 10. The minimum atomic E-state index is -0.875. The lowest BCUT2D eigenvalue weighted by molar-refractivity contribution is 0.665. The summed E-state index contributed by atoms with van der Waals surface area (Å²) in [5, 5.41) is 4.21. The second-order valence-corrected chi connectivity index (χ2v) is 22.4. The molecule has 0 saturated heterocycles. The molecular weight excluding hydrogens is 937 g/mol.